The van der Waals surface area contributed by atoms with Gasteiger partial charge in [-0.15, -0.1) is 10.2 Å². The second-order valence-corrected chi connectivity index (χ2v) is 5.08. The van der Waals surface area contributed by atoms with Gasteiger partial charge in [-0.05, 0) is 17.8 Å². The van der Waals surface area contributed by atoms with E-state index in [1.165, 1.54) is 35.4 Å². The highest BCUT2D eigenvalue weighted by molar-refractivity contribution is 8.01. The normalized spacial score (nSPS) is 10.2. The average Bonchev–Trinajstić information content (AvgIpc) is 2.77. The van der Waals surface area contributed by atoms with Gasteiger partial charge >= 0.3 is 0 Å². The highest BCUT2D eigenvalue weighted by Crippen LogP contribution is 2.30. The summed E-state index contributed by atoms with van der Waals surface area (Å²) < 4.78 is 0.732. The van der Waals surface area contributed by atoms with E-state index in [0.717, 1.165) is 9.47 Å². The molecule has 7 nitrogen and oxygen atoms in total. The first-order valence-corrected chi connectivity index (χ1v) is 6.12. The van der Waals surface area contributed by atoms with Crippen LogP contribution in [-0.4, -0.2) is 27.2 Å². The Morgan fingerprint density at radius 2 is 2.29 bits per heavy atom. The van der Waals surface area contributed by atoms with E-state index in [2.05, 4.69) is 20.5 Å². The molecule has 2 heterocycles. The number of aromatic nitrogens is 3. The SMILES string of the molecule is CNc1nnc(Sc2ccc([N+](=O)[O-])cn2)s1. The maximum absolute atomic E-state index is 10.4. The van der Waals surface area contributed by atoms with Crippen molar-refractivity contribution in [3.63, 3.8) is 0 Å². The van der Waals surface area contributed by atoms with Gasteiger partial charge < -0.3 is 5.32 Å². The fourth-order valence-corrected chi connectivity index (χ4v) is 2.57. The molecule has 0 saturated carbocycles. The Labute approximate surface area is 104 Å². The third-order valence-electron chi connectivity index (χ3n) is 1.74. The summed E-state index contributed by atoms with van der Waals surface area (Å²) in [7, 11) is 1.76. The van der Waals surface area contributed by atoms with Crippen molar-refractivity contribution in [2.75, 3.05) is 12.4 Å². The molecule has 1 N–H and O–H groups in total. The number of rotatable bonds is 4. The molecule has 0 bridgehead atoms. The Morgan fingerprint density at radius 3 is 2.82 bits per heavy atom. The van der Waals surface area contributed by atoms with Crippen LogP contribution in [0.5, 0.6) is 0 Å². The molecule has 0 saturated heterocycles. The van der Waals surface area contributed by atoms with Crippen molar-refractivity contribution in [3.05, 3.63) is 28.4 Å². The first-order valence-electron chi connectivity index (χ1n) is 4.48. The van der Waals surface area contributed by atoms with Crippen LogP contribution >= 0.6 is 23.1 Å². The van der Waals surface area contributed by atoms with E-state index in [1.807, 2.05) is 0 Å². The lowest BCUT2D eigenvalue weighted by Gasteiger charge is -1.95. The Bertz CT molecular complexity index is 527. The molecule has 17 heavy (non-hydrogen) atoms. The third-order valence-corrected chi connectivity index (χ3v) is 3.69. The molecule has 0 fully saturated rings. The zero-order chi connectivity index (χ0) is 12.3. The molecule has 0 radical (unpaired) electrons. The van der Waals surface area contributed by atoms with E-state index in [-0.39, 0.29) is 5.69 Å². The minimum atomic E-state index is -0.481. The van der Waals surface area contributed by atoms with Crippen LogP contribution in [0.1, 0.15) is 0 Å². The molecule has 0 aliphatic rings. The molecule has 0 unspecified atom stereocenters. The van der Waals surface area contributed by atoms with Crippen LogP contribution in [0.4, 0.5) is 10.8 Å². The molecule has 0 atom stereocenters. The fraction of sp³-hybridized carbons (Fsp3) is 0.125. The molecular weight excluding hydrogens is 262 g/mol. The Morgan fingerprint density at radius 1 is 1.47 bits per heavy atom. The maximum Gasteiger partial charge on any atom is 0.287 e. The molecular formula is C8H7N5O2S2. The van der Waals surface area contributed by atoms with Gasteiger partial charge in [-0.25, -0.2) is 4.98 Å². The predicted molar refractivity (Wildman–Crippen MR) is 64.5 cm³/mol. The molecule has 0 aliphatic heterocycles. The van der Waals surface area contributed by atoms with Crippen molar-refractivity contribution in [1.82, 2.24) is 15.2 Å². The second-order valence-electron chi connectivity index (χ2n) is 2.84. The molecule has 9 heteroatoms. The topological polar surface area (TPSA) is 93.8 Å². The van der Waals surface area contributed by atoms with Gasteiger partial charge in [0.15, 0.2) is 4.34 Å². The summed E-state index contributed by atoms with van der Waals surface area (Å²) in [6.45, 7) is 0. The highest BCUT2D eigenvalue weighted by Gasteiger charge is 2.08. The number of hydrogen-bond acceptors (Lipinski definition) is 8. The van der Waals surface area contributed by atoms with E-state index in [4.69, 9.17) is 0 Å². The molecule has 2 aromatic rings. The van der Waals surface area contributed by atoms with E-state index >= 15 is 0 Å². The predicted octanol–water partition coefficient (Wildman–Crippen LogP) is 2.03. The summed E-state index contributed by atoms with van der Waals surface area (Å²) in [6, 6.07) is 3.00. The second kappa shape index (κ2) is 5.06. The van der Waals surface area contributed by atoms with Crippen molar-refractivity contribution >= 4 is 33.9 Å². The van der Waals surface area contributed by atoms with Gasteiger partial charge in [0, 0.05) is 13.1 Å². The number of nitrogens with one attached hydrogen (secondary N) is 1. The van der Waals surface area contributed by atoms with Crippen molar-refractivity contribution in [2.24, 2.45) is 0 Å². The van der Waals surface area contributed by atoms with Gasteiger partial charge in [-0.2, -0.15) is 0 Å². The smallest absolute Gasteiger partial charge is 0.287 e. The molecule has 0 aliphatic carbocycles. The quantitative estimate of drug-likeness (QED) is 0.670. The molecule has 0 aromatic carbocycles. The number of anilines is 1. The monoisotopic (exact) mass is 269 g/mol. The minimum absolute atomic E-state index is 0.0254. The van der Waals surface area contributed by atoms with Crippen molar-refractivity contribution in [3.8, 4) is 0 Å². The Balaban J connectivity index is 2.10. The highest BCUT2D eigenvalue weighted by atomic mass is 32.2. The van der Waals surface area contributed by atoms with Gasteiger partial charge in [-0.3, -0.25) is 10.1 Å². The van der Waals surface area contributed by atoms with Crippen molar-refractivity contribution < 1.29 is 4.92 Å². The van der Waals surface area contributed by atoms with Crippen LogP contribution in [0.25, 0.3) is 0 Å². The lowest BCUT2D eigenvalue weighted by Crippen LogP contribution is -1.89. The zero-order valence-corrected chi connectivity index (χ0v) is 10.3. The van der Waals surface area contributed by atoms with E-state index in [0.29, 0.717) is 5.03 Å². The molecule has 88 valence electrons. The van der Waals surface area contributed by atoms with Crippen LogP contribution in [0, 0.1) is 10.1 Å². The first kappa shape index (κ1) is 11.7. The largest absolute Gasteiger partial charge is 0.363 e. The first-order chi connectivity index (χ1) is 8.19. The summed E-state index contributed by atoms with van der Waals surface area (Å²) in [5.74, 6) is 0. The van der Waals surface area contributed by atoms with Crippen LogP contribution in [0.2, 0.25) is 0 Å². The zero-order valence-electron chi connectivity index (χ0n) is 8.65. The van der Waals surface area contributed by atoms with E-state index in [9.17, 15) is 10.1 Å². The van der Waals surface area contributed by atoms with Gasteiger partial charge in [-0.1, -0.05) is 11.3 Å². The Hall–Kier alpha value is -1.74. The van der Waals surface area contributed by atoms with Crippen molar-refractivity contribution in [1.29, 1.82) is 0 Å². The van der Waals surface area contributed by atoms with Gasteiger partial charge in [0.25, 0.3) is 5.69 Å². The lowest BCUT2D eigenvalue weighted by molar-refractivity contribution is -0.385. The number of pyridine rings is 1. The number of hydrogen-bond donors (Lipinski definition) is 1. The summed E-state index contributed by atoms with van der Waals surface area (Å²) in [5, 5.41) is 22.5. The standard InChI is InChI=1S/C8H7N5O2S2/c1-9-7-11-12-8(17-7)16-6-3-2-5(4-10-6)13(14)15/h2-4H,1H3,(H,9,11). The molecule has 2 aromatic heterocycles. The summed E-state index contributed by atoms with van der Waals surface area (Å²) in [5.41, 5.74) is -0.0254. The molecule has 0 amide bonds. The Kier molecular flexibility index (Phi) is 3.49. The van der Waals surface area contributed by atoms with Gasteiger partial charge in [0.1, 0.15) is 11.2 Å². The number of nitrogens with zero attached hydrogens (tertiary/aromatic N) is 4. The van der Waals surface area contributed by atoms with E-state index in [1.54, 1.807) is 13.1 Å². The van der Waals surface area contributed by atoms with E-state index < -0.39 is 4.92 Å². The van der Waals surface area contributed by atoms with Crippen LogP contribution in [0.15, 0.2) is 27.7 Å². The van der Waals surface area contributed by atoms with Gasteiger partial charge in [0.2, 0.25) is 5.13 Å². The van der Waals surface area contributed by atoms with Gasteiger partial charge in [0.05, 0.1) is 4.92 Å². The third kappa shape index (κ3) is 2.88. The summed E-state index contributed by atoms with van der Waals surface area (Å²) in [4.78, 5) is 13.9. The molecule has 0 spiro atoms. The van der Waals surface area contributed by atoms with Crippen LogP contribution in [0.3, 0.4) is 0 Å². The van der Waals surface area contributed by atoms with Crippen LogP contribution < -0.4 is 5.32 Å². The fourth-order valence-electron chi connectivity index (χ4n) is 0.982. The average molecular weight is 269 g/mol. The summed E-state index contributed by atoms with van der Waals surface area (Å²) >= 11 is 2.71. The summed E-state index contributed by atoms with van der Waals surface area (Å²) in [6.07, 6.45) is 1.22. The minimum Gasteiger partial charge on any atom is -0.363 e. The molecule has 2 rings (SSSR count). The maximum atomic E-state index is 10.4. The van der Waals surface area contributed by atoms with Crippen molar-refractivity contribution in [2.45, 2.75) is 9.37 Å². The lowest BCUT2D eigenvalue weighted by atomic mass is 10.4. The number of nitro groups is 1. The van der Waals surface area contributed by atoms with Crippen LogP contribution in [-0.2, 0) is 0 Å².